The number of aromatic nitrogens is 2. The van der Waals surface area contributed by atoms with E-state index < -0.39 is 0 Å². The number of nitrogens with one attached hydrogen (secondary N) is 1. The van der Waals surface area contributed by atoms with Gasteiger partial charge in [0.1, 0.15) is 11.8 Å². The molecule has 6 heteroatoms. The van der Waals surface area contributed by atoms with Crippen LogP contribution in [0.3, 0.4) is 0 Å². The summed E-state index contributed by atoms with van der Waals surface area (Å²) >= 11 is 0. The van der Waals surface area contributed by atoms with Crippen LogP contribution in [0.15, 0.2) is 66.1 Å². The predicted octanol–water partition coefficient (Wildman–Crippen LogP) is 4.06. The van der Waals surface area contributed by atoms with Gasteiger partial charge in [-0.25, -0.2) is 0 Å². The summed E-state index contributed by atoms with van der Waals surface area (Å²) in [6.45, 7) is 2.09. The summed E-state index contributed by atoms with van der Waals surface area (Å²) in [7, 11) is 1.63. The van der Waals surface area contributed by atoms with E-state index in [-0.39, 0.29) is 17.7 Å². The molecule has 3 N–H and O–H groups in total. The largest absolute Gasteiger partial charge is 0.497 e. The first-order valence-electron chi connectivity index (χ1n) is 8.99. The summed E-state index contributed by atoms with van der Waals surface area (Å²) in [6.07, 6.45) is 0. The minimum atomic E-state index is -0.271. The van der Waals surface area contributed by atoms with E-state index in [4.69, 9.17) is 15.2 Å². The maximum absolute atomic E-state index is 9.81. The molecule has 140 valence electrons. The lowest BCUT2D eigenvalue weighted by Crippen LogP contribution is -2.23. The summed E-state index contributed by atoms with van der Waals surface area (Å²) in [5, 5.41) is 17.2. The van der Waals surface area contributed by atoms with Crippen molar-refractivity contribution in [2.75, 3.05) is 7.11 Å². The van der Waals surface area contributed by atoms with E-state index in [2.05, 4.69) is 35.3 Å². The third-order valence-electron chi connectivity index (χ3n) is 5.19. The number of nitrogens with zero attached hydrogens (tertiary/aromatic N) is 2. The van der Waals surface area contributed by atoms with Crippen LogP contribution in [0.5, 0.6) is 11.6 Å². The fraction of sp³-hybridized carbons (Fsp3) is 0.182. The number of nitrogens with two attached hydrogens (primary N) is 1. The van der Waals surface area contributed by atoms with Crippen molar-refractivity contribution in [2.45, 2.75) is 18.8 Å². The molecule has 6 nitrogen and oxygen atoms in total. The van der Waals surface area contributed by atoms with Gasteiger partial charge in [-0.15, -0.1) is 5.10 Å². The maximum atomic E-state index is 9.81. The van der Waals surface area contributed by atoms with E-state index >= 15 is 0 Å². The Hall–Kier alpha value is -3.72. The molecule has 0 aliphatic carbocycles. The van der Waals surface area contributed by atoms with E-state index in [1.165, 1.54) is 0 Å². The summed E-state index contributed by atoms with van der Waals surface area (Å²) in [5.74, 6) is 1.02. The van der Waals surface area contributed by atoms with E-state index in [0.717, 1.165) is 28.1 Å². The fourth-order valence-corrected chi connectivity index (χ4v) is 3.71. The Balaban J connectivity index is 1.86. The second-order valence-corrected chi connectivity index (χ2v) is 6.71. The molecular formula is C22H20N4O2. The van der Waals surface area contributed by atoms with Gasteiger partial charge in [-0.05, 0) is 35.7 Å². The van der Waals surface area contributed by atoms with Gasteiger partial charge in [0, 0.05) is 11.5 Å². The molecule has 0 saturated carbocycles. The summed E-state index contributed by atoms with van der Waals surface area (Å²) in [5.41, 5.74) is 10.2. The van der Waals surface area contributed by atoms with Crippen LogP contribution in [0.25, 0.3) is 11.3 Å². The highest BCUT2D eigenvalue weighted by Crippen LogP contribution is 2.48. The molecule has 0 radical (unpaired) electrons. The molecule has 0 spiro atoms. The van der Waals surface area contributed by atoms with Crippen molar-refractivity contribution in [3.05, 3.63) is 77.2 Å². The number of rotatable bonds is 4. The van der Waals surface area contributed by atoms with Crippen molar-refractivity contribution >= 4 is 0 Å². The summed E-state index contributed by atoms with van der Waals surface area (Å²) < 4.78 is 10.9. The standard InChI is InChI=1S/C22H20N4O2/c1-13(14-6-4-3-5-7-14)18-17(12-23)21(24)28-22-19(18)20(25-26-22)15-8-10-16(27-2)11-9-15/h3-11,13,18H,24H2,1-2H3,(H,25,26)/t13-,18+/m0/s1. The van der Waals surface area contributed by atoms with Gasteiger partial charge in [-0.3, -0.25) is 5.10 Å². The quantitative estimate of drug-likeness (QED) is 0.720. The number of aromatic amines is 1. The number of nitriles is 1. The van der Waals surface area contributed by atoms with Gasteiger partial charge in [0.05, 0.1) is 23.9 Å². The zero-order chi connectivity index (χ0) is 19.7. The molecule has 1 aromatic heterocycles. The van der Waals surface area contributed by atoms with E-state index in [0.29, 0.717) is 11.5 Å². The van der Waals surface area contributed by atoms with Crippen molar-refractivity contribution in [3.8, 4) is 29.0 Å². The first kappa shape index (κ1) is 17.7. The first-order valence-corrected chi connectivity index (χ1v) is 8.99. The molecule has 1 aliphatic heterocycles. The van der Waals surface area contributed by atoms with Gasteiger partial charge in [-0.1, -0.05) is 37.3 Å². The van der Waals surface area contributed by atoms with Crippen LogP contribution in [0.2, 0.25) is 0 Å². The number of fused-ring (bicyclic) bond motifs is 1. The van der Waals surface area contributed by atoms with Crippen LogP contribution in [-0.4, -0.2) is 17.3 Å². The van der Waals surface area contributed by atoms with Crippen LogP contribution in [0.1, 0.15) is 29.9 Å². The SMILES string of the molecule is COc1ccc(-c2[nH]nc3c2[C@H]([C@@H](C)c2ccccc2)C(C#N)=C(N)O3)cc1. The Bertz CT molecular complexity index is 1060. The second-order valence-electron chi connectivity index (χ2n) is 6.71. The minimum Gasteiger partial charge on any atom is -0.497 e. The molecule has 0 bridgehead atoms. The highest BCUT2D eigenvalue weighted by atomic mass is 16.5. The average Bonchev–Trinajstić information content (AvgIpc) is 3.16. The number of ether oxygens (including phenoxy) is 2. The van der Waals surface area contributed by atoms with Gasteiger partial charge in [0.15, 0.2) is 0 Å². The summed E-state index contributed by atoms with van der Waals surface area (Å²) in [4.78, 5) is 0. The lowest BCUT2D eigenvalue weighted by molar-refractivity contribution is 0.368. The Labute approximate surface area is 163 Å². The van der Waals surface area contributed by atoms with Gasteiger partial charge in [-0.2, -0.15) is 5.26 Å². The molecule has 2 atom stereocenters. The zero-order valence-corrected chi connectivity index (χ0v) is 15.6. The molecule has 1 aliphatic rings. The number of allylic oxidation sites excluding steroid dienone is 1. The predicted molar refractivity (Wildman–Crippen MR) is 106 cm³/mol. The molecule has 28 heavy (non-hydrogen) atoms. The molecule has 0 unspecified atom stereocenters. The highest BCUT2D eigenvalue weighted by molar-refractivity contribution is 5.70. The molecule has 0 fully saturated rings. The Kier molecular flexibility index (Phi) is 4.50. The van der Waals surface area contributed by atoms with Crippen molar-refractivity contribution in [1.82, 2.24) is 10.2 Å². The Morgan fingerprint density at radius 3 is 2.54 bits per heavy atom. The molecule has 0 amide bonds. The molecule has 4 rings (SSSR count). The summed E-state index contributed by atoms with van der Waals surface area (Å²) in [6, 6.07) is 20.0. The molecule has 2 aromatic carbocycles. The van der Waals surface area contributed by atoms with Crippen LogP contribution in [0, 0.1) is 11.3 Å². The average molecular weight is 372 g/mol. The Morgan fingerprint density at radius 2 is 1.89 bits per heavy atom. The van der Waals surface area contributed by atoms with Crippen molar-refractivity contribution in [1.29, 1.82) is 5.26 Å². The maximum Gasteiger partial charge on any atom is 0.244 e. The van der Waals surface area contributed by atoms with Crippen molar-refractivity contribution in [2.24, 2.45) is 5.73 Å². The molecule has 3 aromatic rings. The topological polar surface area (TPSA) is 97.0 Å². The van der Waals surface area contributed by atoms with Gasteiger partial charge < -0.3 is 15.2 Å². The van der Waals surface area contributed by atoms with Crippen LogP contribution in [0.4, 0.5) is 0 Å². The van der Waals surface area contributed by atoms with Crippen LogP contribution in [-0.2, 0) is 0 Å². The minimum absolute atomic E-state index is 0.00616. The number of hydrogen-bond acceptors (Lipinski definition) is 5. The third-order valence-corrected chi connectivity index (χ3v) is 5.19. The lowest BCUT2D eigenvalue weighted by Gasteiger charge is -2.28. The van der Waals surface area contributed by atoms with Crippen LogP contribution < -0.4 is 15.2 Å². The number of benzene rings is 2. The van der Waals surface area contributed by atoms with Gasteiger partial charge >= 0.3 is 0 Å². The number of methoxy groups -OCH3 is 1. The number of H-pyrrole nitrogens is 1. The van der Waals surface area contributed by atoms with Crippen LogP contribution >= 0.6 is 0 Å². The van der Waals surface area contributed by atoms with E-state index in [1.807, 2.05) is 42.5 Å². The van der Waals surface area contributed by atoms with E-state index in [9.17, 15) is 5.26 Å². The molecule has 0 saturated heterocycles. The first-order chi connectivity index (χ1) is 13.6. The number of hydrogen-bond donors (Lipinski definition) is 2. The monoisotopic (exact) mass is 372 g/mol. The zero-order valence-electron chi connectivity index (χ0n) is 15.6. The highest BCUT2D eigenvalue weighted by Gasteiger charge is 2.38. The normalized spacial score (nSPS) is 16.7. The van der Waals surface area contributed by atoms with E-state index in [1.54, 1.807) is 7.11 Å². The van der Waals surface area contributed by atoms with Gasteiger partial charge in [0.2, 0.25) is 11.8 Å². The Morgan fingerprint density at radius 1 is 1.18 bits per heavy atom. The van der Waals surface area contributed by atoms with Crippen molar-refractivity contribution < 1.29 is 9.47 Å². The van der Waals surface area contributed by atoms with Crippen molar-refractivity contribution in [3.63, 3.8) is 0 Å². The smallest absolute Gasteiger partial charge is 0.244 e. The lowest BCUT2D eigenvalue weighted by atomic mass is 9.76. The third kappa shape index (κ3) is 2.87. The van der Waals surface area contributed by atoms with Gasteiger partial charge in [0.25, 0.3) is 0 Å². The molecular weight excluding hydrogens is 352 g/mol. The second kappa shape index (κ2) is 7.12. The fourth-order valence-electron chi connectivity index (χ4n) is 3.71. The molecule has 2 heterocycles.